The second-order valence-electron chi connectivity index (χ2n) is 6.30. The molecule has 1 aliphatic rings. The monoisotopic (exact) mass is 495 g/mol. The molecule has 0 saturated carbocycles. The van der Waals surface area contributed by atoms with E-state index in [1.165, 1.54) is 31.4 Å². The Morgan fingerprint density at radius 2 is 2.00 bits per heavy atom. The Hall–Kier alpha value is -0.540. The smallest absolute Gasteiger partial charge is 0.193 e. The Bertz CT molecular complexity index is 524. The van der Waals surface area contributed by atoms with Gasteiger partial charge in [0.15, 0.2) is 5.96 Å². The molecule has 1 saturated heterocycles. The minimum absolute atomic E-state index is 0. The lowest BCUT2D eigenvalue weighted by Crippen LogP contribution is -2.40. The summed E-state index contributed by atoms with van der Waals surface area (Å²) in [6.45, 7) is 6.53. The van der Waals surface area contributed by atoms with E-state index in [0.29, 0.717) is 0 Å². The maximum absolute atomic E-state index is 12.9. The number of aliphatic imine (C=N–C) groups is 1. The number of benzene rings is 1. The van der Waals surface area contributed by atoms with Crippen LogP contribution >= 0.6 is 35.7 Å². The van der Waals surface area contributed by atoms with Crippen molar-refractivity contribution in [2.24, 2.45) is 10.9 Å². The Morgan fingerprint density at radius 1 is 1.31 bits per heavy atom. The first-order valence-corrected chi connectivity index (χ1v) is 10.1. The van der Waals surface area contributed by atoms with Crippen LogP contribution in [0.25, 0.3) is 0 Å². The van der Waals surface area contributed by atoms with Gasteiger partial charge in [-0.15, -0.1) is 35.7 Å². The summed E-state index contributed by atoms with van der Waals surface area (Å²) in [5.74, 6) is 2.43. The van der Waals surface area contributed by atoms with Crippen molar-refractivity contribution >= 4 is 41.7 Å². The van der Waals surface area contributed by atoms with Gasteiger partial charge in [0.25, 0.3) is 0 Å². The molecule has 7 heteroatoms. The summed E-state index contributed by atoms with van der Waals surface area (Å²) in [6.07, 6.45) is 3.54. The van der Waals surface area contributed by atoms with Gasteiger partial charge in [0.1, 0.15) is 5.82 Å². The summed E-state index contributed by atoms with van der Waals surface area (Å²) < 4.78 is 18.3. The fourth-order valence-electron chi connectivity index (χ4n) is 2.83. The van der Waals surface area contributed by atoms with Crippen LogP contribution < -0.4 is 5.32 Å². The van der Waals surface area contributed by atoms with Crippen molar-refractivity contribution in [1.29, 1.82) is 0 Å². The molecule has 0 bridgehead atoms. The van der Waals surface area contributed by atoms with Crippen molar-refractivity contribution in [3.05, 3.63) is 30.1 Å². The Labute approximate surface area is 178 Å². The molecule has 4 nitrogen and oxygen atoms in total. The lowest BCUT2D eigenvalue weighted by atomic mass is 9.96. The number of ether oxygens (including phenoxy) is 1. The molecule has 1 aromatic carbocycles. The molecule has 0 aromatic heterocycles. The van der Waals surface area contributed by atoms with E-state index in [-0.39, 0.29) is 29.8 Å². The van der Waals surface area contributed by atoms with Crippen LogP contribution in [0.5, 0.6) is 0 Å². The number of guanidine groups is 1. The number of rotatable bonds is 8. The van der Waals surface area contributed by atoms with Crippen LogP contribution in [0.3, 0.4) is 0 Å². The topological polar surface area (TPSA) is 36.9 Å². The SMILES string of the molecule is CCNC(=NCCSc1ccc(F)cc1)N(C)CCC1CCOCC1.I. The van der Waals surface area contributed by atoms with Crippen molar-refractivity contribution in [2.75, 3.05) is 45.6 Å². The van der Waals surface area contributed by atoms with E-state index in [1.807, 2.05) is 12.1 Å². The first-order chi connectivity index (χ1) is 12.2. The van der Waals surface area contributed by atoms with Gasteiger partial charge in [0.05, 0.1) is 6.54 Å². The minimum Gasteiger partial charge on any atom is -0.381 e. The number of hydrogen-bond acceptors (Lipinski definition) is 3. The van der Waals surface area contributed by atoms with Crippen LogP contribution in [0.15, 0.2) is 34.2 Å². The molecule has 1 aliphatic heterocycles. The van der Waals surface area contributed by atoms with Gasteiger partial charge in [-0.05, 0) is 56.4 Å². The van der Waals surface area contributed by atoms with Crippen LogP contribution in [0.4, 0.5) is 4.39 Å². The normalized spacial score (nSPS) is 15.4. The lowest BCUT2D eigenvalue weighted by molar-refractivity contribution is 0.0625. The number of halogens is 2. The molecule has 2 rings (SSSR count). The van der Waals surface area contributed by atoms with E-state index in [0.717, 1.165) is 55.4 Å². The van der Waals surface area contributed by atoms with Gasteiger partial charge < -0.3 is 15.0 Å². The summed E-state index contributed by atoms with van der Waals surface area (Å²) in [6, 6.07) is 6.63. The van der Waals surface area contributed by atoms with Crippen LogP contribution in [0, 0.1) is 11.7 Å². The third-order valence-corrected chi connectivity index (χ3v) is 5.34. The summed E-state index contributed by atoms with van der Waals surface area (Å²) in [4.78, 5) is 8.02. The molecule has 0 unspecified atom stereocenters. The van der Waals surface area contributed by atoms with E-state index >= 15 is 0 Å². The zero-order valence-electron chi connectivity index (χ0n) is 15.7. The van der Waals surface area contributed by atoms with Crippen molar-refractivity contribution < 1.29 is 9.13 Å². The zero-order chi connectivity index (χ0) is 17.9. The number of nitrogens with zero attached hydrogens (tertiary/aromatic N) is 2. The molecule has 0 radical (unpaired) electrons. The maximum Gasteiger partial charge on any atom is 0.193 e. The van der Waals surface area contributed by atoms with E-state index in [1.54, 1.807) is 11.8 Å². The van der Waals surface area contributed by atoms with Crippen molar-refractivity contribution in [1.82, 2.24) is 10.2 Å². The Kier molecular flexibility index (Phi) is 12.3. The predicted octanol–water partition coefficient (Wildman–Crippen LogP) is 4.25. The molecular formula is C19H31FIN3OS. The van der Waals surface area contributed by atoms with E-state index in [2.05, 4.69) is 24.2 Å². The van der Waals surface area contributed by atoms with Gasteiger partial charge in [0, 0.05) is 44.0 Å². The number of thioether (sulfide) groups is 1. The molecule has 1 heterocycles. The highest BCUT2D eigenvalue weighted by molar-refractivity contribution is 14.0. The maximum atomic E-state index is 12.9. The van der Waals surface area contributed by atoms with Gasteiger partial charge >= 0.3 is 0 Å². The highest BCUT2D eigenvalue weighted by atomic mass is 127. The van der Waals surface area contributed by atoms with Gasteiger partial charge in [0.2, 0.25) is 0 Å². The third-order valence-electron chi connectivity index (χ3n) is 4.35. The van der Waals surface area contributed by atoms with Crippen molar-refractivity contribution in [2.45, 2.75) is 31.1 Å². The number of hydrogen-bond donors (Lipinski definition) is 1. The van der Waals surface area contributed by atoms with E-state index < -0.39 is 0 Å². The predicted molar refractivity (Wildman–Crippen MR) is 119 cm³/mol. The van der Waals surface area contributed by atoms with Crippen molar-refractivity contribution in [3.8, 4) is 0 Å². The molecule has 1 fully saturated rings. The second kappa shape index (κ2) is 13.6. The second-order valence-corrected chi connectivity index (χ2v) is 7.47. The lowest BCUT2D eigenvalue weighted by Gasteiger charge is -2.26. The fraction of sp³-hybridized carbons (Fsp3) is 0.632. The summed E-state index contributed by atoms with van der Waals surface area (Å²) in [5.41, 5.74) is 0. The van der Waals surface area contributed by atoms with E-state index in [9.17, 15) is 4.39 Å². The number of nitrogens with one attached hydrogen (secondary N) is 1. The highest BCUT2D eigenvalue weighted by Gasteiger charge is 2.15. The Morgan fingerprint density at radius 3 is 2.65 bits per heavy atom. The van der Waals surface area contributed by atoms with Gasteiger partial charge in [-0.25, -0.2) is 4.39 Å². The van der Waals surface area contributed by atoms with Gasteiger partial charge in [-0.2, -0.15) is 0 Å². The first kappa shape index (κ1) is 23.5. The minimum atomic E-state index is -0.192. The highest BCUT2D eigenvalue weighted by Crippen LogP contribution is 2.19. The average molecular weight is 495 g/mol. The standard InChI is InChI=1S/C19H30FN3OS.HI/c1-3-21-19(23(2)12-8-16-9-13-24-14-10-16)22-11-15-25-18-6-4-17(20)5-7-18;/h4-7,16H,3,8-15H2,1-2H3,(H,21,22);1H. The largest absolute Gasteiger partial charge is 0.381 e. The fourth-order valence-corrected chi connectivity index (χ4v) is 3.58. The van der Waals surface area contributed by atoms with Gasteiger partial charge in [-0.1, -0.05) is 0 Å². The molecule has 0 spiro atoms. The quantitative estimate of drug-likeness (QED) is 0.192. The Balaban J connectivity index is 0.00000338. The molecular weight excluding hydrogens is 464 g/mol. The van der Waals surface area contributed by atoms with Crippen LogP contribution in [0.2, 0.25) is 0 Å². The van der Waals surface area contributed by atoms with Crippen molar-refractivity contribution in [3.63, 3.8) is 0 Å². The van der Waals surface area contributed by atoms with Crippen LogP contribution in [-0.2, 0) is 4.74 Å². The molecule has 0 aliphatic carbocycles. The van der Waals surface area contributed by atoms with Gasteiger partial charge in [-0.3, -0.25) is 4.99 Å². The summed E-state index contributed by atoms with van der Waals surface area (Å²) >= 11 is 1.70. The average Bonchev–Trinajstić information content (AvgIpc) is 2.64. The summed E-state index contributed by atoms with van der Waals surface area (Å²) in [5, 5.41) is 3.37. The molecule has 1 aromatic rings. The third kappa shape index (κ3) is 8.90. The van der Waals surface area contributed by atoms with E-state index in [4.69, 9.17) is 9.73 Å². The van der Waals surface area contributed by atoms with Crippen LogP contribution in [-0.4, -0.2) is 56.5 Å². The molecule has 0 atom stereocenters. The zero-order valence-corrected chi connectivity index (χ0v) is 18.9. The molecule has 26 heavy (non-hydrogen) atoms. The summed E-state index contributed by atoms with van der Waals surface area (Å²) in [7, 11) is 2.11. The molecule has 1 N–H and O–H groups in total. The molecule has 148 valence electrons. The van der Waals surface area contributed by atoms with Crippen LogP contribution in [0.1, 0.15) is 26.2 Å². The molecule has 0 amide bonds. The first-order valence-electron chi connectivity index (χ1n) is 9.14.